The van der Waals surface area contributed by atoms with E-state index in [-0.39, 0.29) is 29.7 Å². The van der Waals surface area contributed by atoms with Gasteiger partial charge < -0.3 is 14.2 Å². The molecule has 0 N–H and O–H groups in total. The van der Waals surface area contributed by atoms with Crippen molar-refractivity contribution in [3.63, 3.8) is 0 Å². The molecule has 0 aliphatic heterocycles. The summed E-state index contributed by atoms with van der Waals surface area (Å²) in [6.45, 7) is -1.49. The maximum absolute atomic E-state index is 13.4. The maximum atomic E-state index is 13.4. The van der Waals surface area contributed by atoms with Gasteiger partial charge in [0.1, 0.15) is 22.3 Å². The third-order valence-electron chi connectivity index (χ3n) is 5.85. The van der Waals surface area contributed by atoms with E-state index in [0.717, 1.165) is 6.26 Å². The van der Waals surface area contributed by atoms with E-state index in [2.05, 4.69) is 10.1 Å². The van der Waals surface area contributed by atoms with E-state index in [1.54, 1.807) is 49.5 Å². The molecule has 0 atom stereocenters. The van der Waals surface area contributed by atoms with Crippen molar-refractivity contribution in [1.29, 1.82) is 0 Å². The summed E-state index contributed by atoms with van der Waals surface area (Å²) in [5.74, 6) is 0.828. The van der Waals surface area contributed by atoms with Gasteiger partial charge in [-0.25, -0.2) is 18.1 Å². The Morgan fingerprint density at radius 2 is 1.82 bits per heavy atom. The fourth-order valence-electron chi connectivity index (χ4n) is 4.00. The zero-order chi connectivity index (χ0) is 27.6. The number of halogens is 3. The van der Waals surface area contributed by atoms with Crippen LogP contribution in [-0.4, -0.2) is 54.6 Å². The van der Waals surface area contributed by atoms with Gasteiger partial charge in [-0.2, -0.15) is 18.2 Å². The third-order valence-corrected chi connectivity index (χ3v) is 7.26. The van der Waals surface area contributed by atoms with Crippen molar-refractivity contribution in [1.82, 2.24) is 19.1 Å². The number of hydrogen-bond donors (Lipinski definition) is 0. The molecule has 0 aliphatic rings. The van der Waals surface area contributed by atoms with Crippen LogP contribution in [0.15, 0.2) is 48.7 Å². The van der Waals surface area contributed by atoms with Gasteiger partial charge in [-0.1, -0.05) is 23.7 Å². The maximum Gasteiger partial charge on any atom is 0.387 e. The van der Waals surface area contributed by atoms with Crippen LogP contribution in [0.3, 0.4) is 0 Å². The van der Waals surface area contributed by atoms with Crippen LogP contribution in [0.1, 0.15) is 16.8 Å². The molecule has 2 aromatic carbocycles. The summed E-state index contributed by atoms with van der Waals surface area (Å²) in [6, 6.07) is 11.2. The van der Waals surface area contributed by atoms with E-state index in [1.807, 2.05) is 0 Å². The summed E-state index contributed by atoms with van der Waals surface area (Å²) in [5, 5.41) is 5.36. The van der Waals surface area contributed by atoms with Crippen LogP contribution >= 0.6 is 11.6 Å². The quantitative estimate of drug-likeness (QED) is 0.250. The molecule has 0 aliphatic carbocycles. The molecule has 202 valence electrons. The molecular formula is C25H25ClF2N4O5S. The zero-order valence-corrected chi connectivity index (χ0v) is 22.6. The predicted octanol–water partition coefficient (Wildman–Crippen LogP) is 4.96. The summed E-state index contributed by atoms with van der Waals surface area (Å²) >= 11 is 6.06. The highest BCUT2D eigenvalue weighted by atomic mass is 35.5. The number of hydrogen-bond acceptors (Lipinski definition) is 7. The molecule has 4 aromatic rings. The molecule has 0 amide bonds. The Bertz CT molecular complexity index is 1580. The number of alkyl halides is 2. The third kappa shape index (κ3) is 5.98. The van der Waals surface area contributed by atoms with E-state index < -0.39 is 16.6 Å². The van der Waals surface area contributed by atoms with Crippen molar-refractivity contribution in [2.75, 3.05) is 20.5 Å². The van der Waals surface area contributed by atoms with Crippen LogP contribution in [0.2, 0.25) is 5.15 Å². The summed E-state index contributed by atoms with van der Waals surface area (Å²) in [7, 11) is -0.727. The average Bonchev–Trinajstić information content (AvgIpc) is 3.18. The fourth-order valence-corrected chi connectivity index (χ4v) is 4.91. The second kappa shape index (κ2) is 11.1. The first-order valence-corrected chi connectivity index (χ1v) is 13.5. The lowest BCUT2D eigenvalue weighted by Crippen LogP contribution is -2.29. The molecule has 0 fully saturated rings. The number of fused-ring (bicyclic) bond motifs is 1. The minimum atomic E-state index is -3.71. The van der Waals surface area contributed by atoms with Gasteiger partial charge in [0.2, 0.25) is 10.0 Å². The molecule has 2 aromatic heterocycles. The zero-order valence-electron chi connectivity index (χ0n) is 21.0. The van der Waals surface area contributed by atoms with Crippen LogP contribution in [-0.2, 0) is 23.1 Å². The summed E-state index contributed by atoms with van der Waals surface area (Å²) in [4.78, 5) is 4.05. The first-order chi connectivity index (χ1) is 18.0. The SMILES string of the molecule is COc1ccc(CN(Cc2ccc(-n3nc(C)c4cnc(Cl)cc43)c(OC(F)F)c2)S(C)(=O)=O)c(OC)c1. The Morgan fingerprint density at radius 1 is 1.05 bits per heavy atom. The van der Waals surface area contributed by atoms with Gasteiger partial charge in [0.25, 0.3) is 0 Å². The smallest absolute Gasteiger partial charge is 0.387 e. The standard InChI is InChI=1S/C25H25ClF2N4O5S/c1-15-19-12-29-24(26)11-21(19)32(30-15)20-8-5-16(9-23(20)37-25(27)28)13-31(38(4,33)34)14-17-6-7-18(35-2)10-22(17)36-3/h5-12,25H,13-14H2,1-4H3. The lowest BCUT2D eigenvalue weighted by atomic mass is 10.1. The second-order valence-electron chi connectivity index (χ2n) is 8.41. The van der Waals surface area contributed by atoms with E-state index in [0.29, 0.717) is 39.2 Å². The molecular weight excluding hydrogens is 542 g/mol. The monoisotopic (exact) mass is 566 g/mol. The van der Waals surface area contributed by atoms with Gasteiger partial charge in [-0.3, -0.25) is 0 Å². The van der Waals surface area contributed by atoms with Gasteiger partial charge >= 0.3 is 6.61 Å². The molecule has 0 saturated heterocycles. The fraction of sp³-hybridized carbons (Fsp3) is 0.280. The van der Waals surface area contributed by atoms with Gasteiger partial charge in [0.15, 0.2) is 5.75 Å². The highest BCUT2D eigenvalue weighted by molar-refractivity contribution is 7.88. The molecule has 9 nitrogen and oxygen atoms in total. The minimum Gasteiger partial charge on any atom is -0.497 e. The number of rotatable bonds is 10. The normalized spacial score (nSPS) is 11.9. The van der Waals surface area contributed by atoms with Gasteiger partial charge in [0, 0.05) is 42.4 Å². The van der Waals surface area contributed by atoms with Crippen molar-refractivity contribution in [2.24, 2.45) is 0 Å². The van der Waals surface area contributed by atoms with E-state index in [1.165, 1.54) is 29.3 Å². The van der Waals surface area contributed by atoms with Gasteiger partial charge in [-0.15, -0.1) is 0 Å². The van der Waals surface area contributed by atoms with Crippen LogP contribution < -0.4 is 14.2 Å². The Balaban J connectivity index is 1.73. The molecule has 0 unspecified atom stereocenters. The number of aryl methyl sites for hydroxylation is 1. The first-order valence-electron chi connectivity index (χ1n) is 11.2. The second-order valence-corrected chi connectivity index (χ2v) is 10.8. The van der Waals surface area contributed by atoms with Crippen molar-refractivity contribution in [3.8, 4) is 22.9 Å². The molecule has 38 heavy (non-hydrogen) atoms. The molecule has 0 saturated carbocycles. The molecule has 0 spiro atoms. The first kappa shape index (κ1) is 27.6. The lowest BCUT2D eigenvalue weighted by molar-refractivity contribution is -0.0499. The molecule has 2 heterocycles. The van der Waals surface area contributed by atoms with Gasteiger partial charge in [0.05, 0.1) is 31.7 Å². The number of benzene rings is 2. The van der Waals surface area contributed by atoms with Crippen molar-refractivity contribution < 1.29 is 31.4 Å². The van der Waals surface area contributed by atoms with E-state index in [4.69, 9.17) is 25.8 Å². The molecule has 0 bridgehead atoms. The number of methoxy groups -OCH3 is 2. The Morgan fingerprint density at radius 3 is 2.47 bits per heavy atom. The van der Waals surface area contributed by atoms with Crippen LogP contribution in [0.5, 0.6) is 17.2 Å². The lowest BCUT2D eigenvalue weighted by Gasteiger charge is -2.22. The minimum absolute atomic E-state index is 0.0206. The molecule has 4 rings (SSSR count). The van der Waals surface area contributed by atoms with Crippen LogP contribution in [0.25, 0.3) is 16.6 Å². The summed E-state index contributed by atoms with van der Waals surface area (Å²) in [5.41, 5.74) is 2.43. The Hall–Kier alpha value is -3.48. The van der Waals surface area contributed by atoms with Crippen molar-refractivity contribution in [2.45, 2.75) is 26.6 Å². The number of nitrogens with zero attached hydrogens (tertiary/aromatic N) is 4. The summed E-state index contributed by atoms with van der Waals surface area (Å²) < 4.78 is 70.2. The van der Waals surface area contributed by atoms with Crippen LogP contribution in [0, 0.1) is 6.92 Å². The van der Waals surface area contributed by atoms with Crippen molar-refractivity contribution >= 4 is 32.5 Å². The van der Waals surface area contributed by atoms with Gasteiger partial charge in [-0.05, 0) is 30.7 Å². The molecule has 13 heteroatoms. The topological polar surface area (TPSA) is 95.8 Å². The van der Waals surface area contributed by atoms with E-state index in [9.17, 15) is 17.2 Å². The number of aromatic nitrogens is 3. The Kier molecular flexibility index (Phi) is 8.05. The van der Waals surface area contributed by atoms with Crippen LogP contribution in [0.4, 0.5) is 8.78 Å². The highest BCUT2D eigenvalue weighted by Gasteiger charge is 2.22. The number of ether oxygens (including phenoxy) is 3. The highest BCUT2D eigenvalue weighted by Crippen LogP contribution is 2.32. The number of sulfonamides is 1. The predicted molar refractivity (Wildman–Crippen MR) is 139 cm³/mol. The van der Waals surface area contributed by atoms with Crippen molar-refractivity contribution in [3.05, 3.63) is 70.6 Å². The summed E-state index contributed by atoms with van der Waals surface area (Å²) in [6.07, 6.45) is 2.63. The average molecular weight is 567 g/mol. The Labute approximate surface area is 223 Å². The number of pyridine rings is 1. The largest absolute Gasteiger partial charge is 0.497 e. The molecule has 0 radical (unpaired) electrons. The van der Waals surface area contributed by atoms with E-state index >= 15 is 0 Å².